The van der Waals surface area contributed by atoms with Crippen molar-refractivity contribution in [2.45, 2.75) is 20.8 Å². The molecule has 0 radical (unpaired) electrons. The first-order valence-electron chi connectivity index (χ1n) is 9.18. The molecule has 0 aliphatic carbocycles. The molecule has 1 N–H and O–H groups in total. The van der Waals surface area contributed by atoms with Gasteiger partial charge in [-0.1, -0.05) is 18.2 Å². The highest BCUT2D eigenvalue weighted by Gasteiger charge is 2.21. The van der Waals surface area contributed by atoms with Crippen molar-refractivity contribution < 1.29 is 4.74 Å². The molecule has 0 unspecified atom stereocenters. The summed E-state index contributed by atoms with van der Waals surface area (Å²) in [5, 5.41) is 4.19. The number of hydrogen-bond donors (Lipinski definition) is 1. The third kappa shape index (κ3) is 4.47. The van der Waals surface area contributed by atoms with Gasteiger partial charge < -0.3 is 19.9 Å². The molecule has 5 heteroatoms. The summed E-state index contributed by atoms with van der Waals surface area (Å²) in [7, 11) is 0. The lowest BCUT2D eigenvalue weighted by molar-refractivity contribution is 0.336. The fraction of sp³-hybridized carbons (Fsp3) is 0.381. The van der Waals surface area contributed by atoms with E-state index in [0.717, 1.165) is 42.7 Å². The molecule has 138 valence electrons. The molecule has 4 nitrogen and oxygen atoms in total. The van der Waals surface area contributed by atoms with E-state index in [0.29, 0.717) is 6.61 Å². The molecule has 1 aliphatic heterocycles. The maximum atomic E-state index is 5.77. The van der Waals surface area contributed by atoms with Crippen molar-refractivity contribution in [2.75, 3.05) is 43.0 Å². The summed E-state index contributed by atoms with van der Waals surface area (Å²) in [6.45, 7) is 10.6. The zero-order valence-electron chi connectivity index (χ0n) is 15.8. The van der Waals surface area contributed by atoms with E-state index >= 15 is 0 Å². The molecule has 2 aromatic rings. The predicted octanol–water partition coefficient (Wildman–Crippen LogP) is 4.22. The van der Waals surface area contributed by atoms with E-state index in [1.165, 1.54) is 16.8 Å². The number of nitrogens with zero attached hydrogens (tertiary/aromatic N) is 2. The van der Waals surface area contributed by atoms with Crippen LogP contribution in [-0.4, -0.2) is 42.8 Å². The number of piperazine rings is 1. The highest BCUT2D eigenvalue weighted by molar-refractivity contribution is 7.80. The van der Waals surface area contributed by atoms with Crippen LogP contribution in [0.25, 0.3) is 0 Å². The van der Waals surface area contributed by atoms with Crippen molar-refractivity contribution in [1.29, 1.82) is 0 Å². The van der Waals surface area contributed by atoms with Crippen LogP contribution in [0.1, 0.15) is 18.1 Å². The van der Waals surface area contributed by atoms with E-state index < -0.39 is 0 Å². The van der Waals surface area contributed by atoms with Crippen LogP contribution in [0.15, 0.2) is 42.5 Å². The van der Waals surface area contributed by atoms with Gasteiger partial charge >= 0.3 is 0 Å². The number of anilines is 2. The number of benzene rings is 2. The SMILES string of the molecule is CCOc1ccccc1N1CCN(C(=S)Nc2cc(C)cc(C)c2)CC1. The maximum absolute atomic E-state index is 5.77. The van der Waals surface area contributed by atoms with Gasteiger partial charge in [0.25, 0.3) is 0 Å². The Morgan fingerprint density at radius 3 is 2.35 bits per heavy atom. The monoisotopic (exact) mass is 369 g/mol. The van der Waals surface area contributed by atoms with Gasteiger partial charge in [-0.05, 0) is 68.4 Å². The average molecular weight is 370 g/mol. The molecule has 0 atom stereocenters. The van der Waals surface area contributed by atoms with E-state index in [1.807, 2.05) is 19.1 Å². The van der Waals surface area contributed by atoms with E-state index in [9.17, 15) is 0 Å². The fourth-order valence-corrected chi connectivity index (χ4v) is 3.70. The Morgan fingerprint density at radius 1 is 1.04 bits per heavy atom. The number of para-hydroxylation sites is 2. The van der Waals surface area contributed by atoms with Crippen LogP contribution in [0.4, 0.5) is 11.4 Å². The van der Waals surface area contributed by atoms with Gasteiger partial charge in [-0.15, -0.1) is 0 Å². The van der Waals surface area contributed by atoms with Gasteiger partial charge in [0.1, 0.15) is 5.75 Å². The lowest BCUT2D eigenvalue weighted by Gasteiger charge is -2.38. The topological polar surface area (TPSA) is 27.7 Å². The van der Waals surface area contributed by atoms with E-state index in [2.05, 4.69) is 59.3 Å². The Labute approximate surface area is 161 Å². The molecule has 1 fully saturated rings. The number of rotatable bonds is 4. The largest absolute Gasteiger partial charge is 0.492 e. The normalized spacial score (nSPS) is 14.3. The Hall–Kier alpha value is -2.27. The van der Waals surface area contributed by atoms with Gasteiger partial charge in [-0.2, -0.15) is 0 Å². The van der Waals surface area contributed by atoms with Gasteiger partial charge in [-0.3, -0.25) is 0 Å². The van der Waals surface area contributed by atoms with Crippen molar-refractivity contribution >= 4 is 28.7 Å². The Kier molecular flexibility index (Phi) is 5.99. The quantitative estimate of drug-likeness (QED) is 0.815. The average Bonchev–Trinajstić information content (AvgIpc) is 2.62. The molecule has 0 aromatic heterocycles. The third-order valence-corrected chi connectivity index (χ3v) is 4.91. The number of aryl methyl sites for hydroxylation is 2. The Bertz CT molecular complexity index is 749. The van der Waals surface area contributed by atoms with Crippen LogP contribution in [0.3, 0.4) is 0 Å². The van der Waals surface area contributed by atoms with Gasteiger partial charge in [0, 0.05) is 31.9 Å². The fourth-order valence-electron chi connectivity index (χ4n) is 3.40. The summed E-state index contributed by atoms with van der Waals surface area (Å²) in [6, 6.07) is 14.7. The van der Waals surface area contributed by atoms with Crippen molar-refractivity contribution in [2.24, 2.45) is 0 Å². The summed E-state index contributed by atoms with van der Waals surface area (Å²) in [5.41, 5.74) is 4.72. The number of ether oxygens (including phenoxy) is 1. The van der Waals surface area contributed by atoms with E-state index in [-0.39, 0.29) is 0 Å². The van der Waals surface area contributed by atoms with Gasteiger partial charge in [-0.25, -0.2) is 0 Å². The minimum Gasteiger partial charge on any atom is -0.492 e. The second kappa shape index (κ2) is 8.41. The van der Waals surface area contributed by atoms with Crippen LogP contribution in [0.5, 0.6) is 5.75 Å². The van der Waals surface area contributed by atoms with Crippen LogP contribution in [0.2, 0.25) is 0 Å². The number of thiocarbonyl (C=S) groups is 1. The van der Waals surface area contributed by atoms with Crippen LogP contribution < -0.4 is 15.0 Å². The first-order chi connectivity index (χ1) is 12.6. The molecule has 1 saturated heterocycles. The molecule has 26 heavy (non-hydrogen) atoms. The summed E-state index contributed by atoms with van der Waals surface area (Å²) in [4.78, 5) is 4.62. The lowest BCUT2D eigenvalue weighted by Crippen LogP contribution is -2.50. The summed E-state index contributed by atoms with van der Waals surface area (Å²) < 4.78 is 5.77. The molecule has 1 heterocycles. The van der Waals surface area contributed by atoms with Gasteiger partial charge in [0.05, 0.1) is 12.3 Å². The molecule has 3 rings (SSSR count). The number of hydrogen-bond acceptors (Lipinski definition) is 3. The second-order valence-electron chi connectivity index (χ2n) is 6.68. The van der Waals surface area contributed by atoms with Crippen molar-refractivity contribution in [1.82, 2.24) is 4.90 Å². The second-order valence-corrected chi connectivity index (χ2v) is 7.07. The Balaban J connectivity index is 1.60. The zero-order valence-corrected chi connectivity index (χ0v) is 16.6. The minimum absolute atomic E-state index is 0.681. The number of nitrogens with one attached hydrogen (secondary N) is 1. The molecular formula is C21H27N3OS. The highest BCUT2D eigenvalue weighted by atomic mass is 32.1. The smallest absolute Gasteiger partial charge is 0.173 e. The van der Waals surface area contributed by atoms with Gasteiger partial charge in [0.15, 0.2) is 5.11 Å². The van der Waals surface area contributed by atoms with E-state index in [4.69, 9.17) is 17.0 Å². The molecular weight excluding hydrogens is 342 g/mol. The first kappa shape index (κ1) is 18.5. The third-order valence-electron chi connectivity index (χ3n) is 4.55. The molecule has 1 aliphatic rings. The van der Waals surface area contributed by atoms with Crippen molar-refractivity contribution in [3.63, 3.8) is 0 Å². The molecule has 0 spiro atoms. The van der Waals surface area contributed by atoms with Gasteiger partial charge in [0.2, 0.25) is 0 Å². The predicted molar refractivity (Wildman–Crippen MR) is 114 cm³/mol. The first-order valence-corrected chi connectivity index (χ1v) is 9.58. The highest BCUT2D eigenvalue weighted by Crippen LogP contribution is 2.29. The summed E-state index contributed by atoms with van der Waals surface area (Å²) in [5.74, 6) is 0.958. The molecule has 2 aromatic carbocycles. The van der Waals surface area contributed by atoms with Crippen LogP contribution >= 0.6 is 12.2 Å². The summed E-state index contributed by atoms with van der Waals surface area (Å²) >= 11 is 5.64. The lowest BCUT2D eigenvalue weighted by atomic mass is 10.1. The zero-order chi connectivity index (χ0) is 18.5. The molecule has 0 saturated carbocycles. The molecule has 0 amide bonds. The van der Waals surface area contributed by atoms with E-state index in [1.54, 1.807) is 0 Å². The van der Waals surface area contributed by atoms with Crippen molar-refractivity contribution in [3.05, 3.63) is 53.6 Å². The Morgan fingerprint density at radius 2 is 1.69 bits per heavy atom. The van der Waals surface area contributed by atoms with Crippen LogP contribution in [-0.2, 0) is 0 Å². The molecule has 0 bridgehead atoms. The minimum atomic E-state index is 0.681. The maximum Gasteiger partial charge on any atom is 0.173 e. The van der Waals surface area contributed by atoms with Crippen molar-refractivity contribution in [3.8, 4) is 5.75 Å². The summed E-state index contributed by atoms with van der Waals surface area (Å²) in [6.07, 6.45) is 0. The standard InChI is InChI=1S/C21H27N3OS/c1-4-25-20-8-6-5-7-19(20)23-9-11-24(12-10-23)21(26)22-18-14-16(2)13-17(3)15-18/h5-8,13-15H,4,9-12H2,1-3H3,(H,22,26). The van der Waals surface area contributed by atoms with Crippen LogP contribution in [0, 0.1) is 13.8 Å².